The summed E-state index contributed by atoms with van der Waals surface area (Å²) in [6, 6.07) is 15.2. The average Bonchev–Trinajstić information content (AvgIpc) is 2.91. The largest absolute Gasteiger partial charge is 0.493 e. The van der Waals surface area contributed by atoms with E-state index in [4.69, 9.17) is 14.2 Å². The molecule has 2 bridgehead atoms. The van der Waals surface area contributed by atoms with E-state index in [9.17, 15) is 14.7 Å². The third-order valence-corrected chi connectivity index (χ3v) is 8.19. The van der Waals surface area contributed by atoms with Crippen molar-refractivity contribution in [1.82, 2.24) is 15.1 Å². The number of hydrogen-bond acceptors (Lipinski definition) is 7. The summed E-state index contributed by atoms with van der Waals surface area (Å²) in [6.45, 7) is 3.42. The van der Waals surface area contributed by atoms with Crippen LogP contribution in [0.1, 0.15) is 29.6 Å². The molecule has 0 spiro atoms. The Balaban J connectivity index is 1.34. The van der Waals surface area contributed by atoms with Crippen molar-refractivity contribution in [2.75, 3.05) is 46.0 Å². The first kappa shape index (κ1) is 25.3. The van der Waals surface area contributed by atoms with Crippen LogP contribution in [0, 0.1) is 0 Å². The van der Waals surface area contributed by atoms with E-state index in [1.807, 2.05) is 48.5 Å². The van der Waals surface area contributed by atoms with Gasteiger partial charge in [-0.3, -0.25) is 14.5 Å². The summed E-state index contributed by atoms with van der Waals surface area (Å²) in [4.78, 5) is 31.4. The van der Waals surface area contributed by atoms with Crippen molar-refractivity contribution in [3.63, 3.8) is 0 Å². The molecule has 202 valence electrons. The maximum Gasteiger partial charge on any atom is 0.258 e. The summed E-state index contributed by atoms with van der Waals surface area (Å²) in [7, 11) is 0. The lowest BCUT2D eigenvalue weighted by Crippen LogP contribution is -2.65. The van der Waals surface area contributed by atoms with Gasteiger partial charge in [-0.1, -0.05) is 36.4 Å². The minimum Gasteiger partial charge on any atom is -0.493 e. The Morgan fingerprint density at radius 2 is 1.79 bits per heavy atom. The Bertz CT molecular complexity index is 1160. The molecule has 9 nitrogen and oxygen atoms in total. The Morgan fingerprint density at radius 3 is 2.58 bits per heavy atom. The monoisotopic (exact) mass is 521 g/mol. The molecule has 0 radical (unpaired) electrons. The van der Waals surface area contributed by atoms with Crippen molar-refractivity contribution < 1.29 is 28.9 Å². The van der Waals surface area contributed by atoms with Crippen LogP contribution >= 0.6 is 0 Å². The molecule has 9 heteroatoms. The number of fused-ring (bicyclic) bond motifs is 4. The molecular formula is C29H35N3O6. The maximum atomic E-state index is 14.0. The third-order valence-electron chi connectivity index (χ3n) is 8.19. The number of nitrogens with zero attached hydrogens (tertiary/aromatic N) is 2. The number of amides is 2. The smallest absolute Gasteiger partial charge is 0.258 e. The molecule has 3 fully saturated rings. The van der Waals surface area contributed by atoms with Gasteiger partial charge in [-0.15, -0.1) is 0 Å². The predicted molar refractivity (Wildman–Crippen MR) is 140 cm³/mol. The first-order valence-corrected chi connectivity index (χ1v) is 13.6. The van der Waals surface area contributed by atoms with E-state index >= 15 is 0 Å². The second-order valence-corrected chi connectivity index (χ2v) is 10.6. The molecule has 0 unspecified atom stereocenters. The van der Waals surface area contributed by atoms with Crippen molar-refractivity contribution in [2.24, 2.45) is 0 Å². The molecule has 6 rings (SSSR count). The van der Waals surface area contributed by atoms with Crippen LogP contribution in [-0.2, 0) is 14.3 Å². The van der Waals surface area contributed by atoms with Gasteiger partial charge in [-0.25, -0.2) is 0 Å². The number of benzene rings is 2. The van der Waals surface area contributed by atoms with Crippen LogP contribution in [0.5, 0.6) is 5.75 Å². The normalized spacial score (nSPS) is 29.2. The van der Waals surface area contributed by atoms with E-state index < -0.39 is 18.2 Å². The minimum atomic E-state index is -0.669. The van der Waals surface area contributed by atoms with Gasteiger partial charge in [0, 0.05) is 32.6 Å². The summed E-state index contributed by atoms with van der Waals surface area (Å²) in [5, 5.41) is 13.5. The van der Waals surface area contributed by atoms with Crippen LogP contribution in [0.4, 0.5) is 0 Å². The quantitative estimate of drug-likeness (QED) is 0.620. The van der Waals surface area contributed by atoms with E-state index in [1.165, 1.54) is 0 Å². The molecular weight excluding hydrogens is 486 g/mol. The standard InChI is InChI=1S/C29H35N3O6/c33-25-9-7-22-10-13-37-26-14-20(19-4-2-1-3-5-19)6-8-23(26)29(35)32-12-11-31(21-17-36-18-21)16-24(32)28(34)30-15-27(25)38-22/h1-6,8,14,21-22,24-25,27,33H,7,9-13,15-18H2,(H,30,34)/t22-,24-,25-,27+/m0/s1. The summed E-state index contributed by atoms with van der Waals surface area (Å²) in [5.74, 6) is 0.0641. The van der Waals surface area contributed by atoms with Crippen LogP contribution in [0.3, 0.4) is 0 Å². The fourth-order valence-electron chi connectivity index (χ4n) is 5.78. The highest BCUT2D eigenvalue weighted by atomic mass is 16.5. The SMILES string of the molecule is O=C1NC[C@H]2O[C@H](CCOc3cc(-c4ccccc4)ccc3C(=O)N3CCN(C4COC4)C[C@@H]13)CC[C@@H]2O. The molecule has 2 aromatic carbocycles. The fraction of sp³-hybridized carbons (Fsp3) is 0.517. The summed E-state index contributed by atoms with van der Waals surface area (Å²) >= 11 is 0. The number of hydrogen-bond donors (Lipinski definition) is 2. The molecule has 38 heavy (non-hydrogen) atoms. The molecule has 4 atom stereocenters. The van der Waals surface area contributed by atoms with Crippen LogP contribution in [-0.4, -0.2) is 103 Å². The van der Waals surface area contributed by atoms with Crippen molar-refractivity contribution in [3.05, 3.63) is 54.1 Å². The Hall–Kier alpha value is -2.98. The number of aliphatic hydroxyl groups excluding tert-OH is 1. The van der Waals surface area contributed by atoms with Gasteiger partial charge < -0.3 is 29.5 Å². The van der Waals surface area contributed by atoms with E-state index in [2.05, 4.69) is 10.2 Å². The summed E-state index contributed by atoms with van der Waals surface area (Å²) in [5.41, 5.74) is 2.45. The molecule has 2 N–H and O–H groups in total. The molecule has 2 aromatic rings. The highest BCUT2D eigenvalue weighted by molar-refractivity contribution is 6.00. The lowest BCUT2D eigenvalue weighted by Gasteiger charge is -2.46. The zero-order chi connectivity index (χ0) is 26.1. The van der Waals surface area contributed by atoms with Crippen LogP contribution in [0.25, 0.3) is 11.1 Å². The topological polar surface area (TPSA) is 101 Å². The van der Waals surface area contributed by atoms with Gasteiger partial charge in [0.25, 0.3) is 5.91 Å². The molecule has 3 saturated heterocycles. The van der Waals surface area contributed by atoms with Gasteiger partial charge in [0.1, 0.15) is 17.9 Å². The maximum absolute atomic E-state index is 14.0. The van der Waals surface area contributed by atoms with Gasteiger partial charge in [-0.2, -0.15) is 0 Å². The van der Waals surface area contributed by atoms with E-state index in [-0.39, 0.29) is 30.5 Å². The number of nitrogens with one attached hydrogen (secondary N) is 1. The van der Waals surface area contributed by atoms with E-state index in [0.29, 0.717) is 63.6 Å². The Labute approximate surface area is 222 Å². The van der Waals surface area contributed by atoms with E-state index in [1.54, 1.807) is 4.90 Å². The molecule has 4 aliphatic rings. The van der Waals surface area contributed by atoms with Crippen molar-refractivity contribution in [2.45, 2.75) is 49.7 Å². The Kier molecular flexibility index (Phi) is 7.34. The number of rotatable bonds is 2. The summed E-state index contributed by atoms with van der Waals surface area (Å²) < 4.78 is 17.8. The second-order valence-electron chi connectivity index (χ2n) is 10.6. The number of carbonyl (C=O) groups is 2. The van der Waals surface area contributed by atoms with E-state index in [0.717, 1.165) is 17.5 Å². The van der Waals surface area contributed by atoms with Gasteiger partial charge in [0.15, 0.2) is 0 Å². The highest BCUT2D eigenvalue weighted by Gasteiger charge is 2.41. The van der Waals surface area contributed by atoms with Gasteiger partial charge >= 0.3 is 0 Å². The number of piperazine rings is 1. The van der Waals surface area contributed by atoms with Crippen LogP contribution < -0.4 is 10.1 Å². The average molecular weight is 522 g/mol. The molecule has 4 heterocycles. The van der Waals surface area contributed by atoms with Crippen molar-refractivity contribution in [1.29, 1.82) is 0 Å². The van der Waals surface area contributed by atoms with Gasteiger partial charge in [0.2, 0.25) is 5.91 Å². The highest BCUT2D eigenvalue weighted by Crippen LogP contribution is 2.31. The fourth-order valence-corrected chi connectivity index (χ4v) is 5.78. The number of carbonyl (C=O) groups excluding carboxylic acids is 2. The minimum absolute atomic E-state index is 0.0833. The molecule has 0 saturated carbocycles. The first-order valence-electron chi connectivity index (χ1n) is 13.6. The van der Waals surface area contributed by atoms with Crippen molar-refractivity contribution in [3.8, 4) is 16.9 Å². The lowest BCUT2D eigenvalue weighted by atomic mass is 9.98. The zero-order valence-electron chi connectivity index (χ0n) is 21.5. The number of ether oxygens (including phenoxy) is 3. The molecule has 2 amide bonds. The van der Waals surface area contributed by atoms with Gasteiger partial charge in [0.05, 0.1) is 43.6 Å². The molecule has 0 aromatic heterocycles. The second kappa shape index (κ2) is 11.0. The third kappa shape index (κ3) is 5.16. The van der Waals surface area contributed by atoms with Crippen LogP contribution in [0.15, 0.2) is 48.5 Å². The van der Waals surface area contributed by atoms with Gasteiger partial charge in [-0.05, 0) is 36.1 Å². The zero-order valence-corrected chi connectivity index (χ0v) is 21.5. The first-order chi connectivity index (χ1) is 18.6. The lowest BCUT2D eigenvalue weighted by molar-refractivity contribution is -0.138. The molecule has 0 aliphatic carbocycles. The van der Waals surface area contributed by atoms with Crippen LogP contribution in [0.2, 0.25) is 0 Å². The van der Waals surface area contributed by atoms with Crippen molar-refractivity contribution >= 4 is 11.8 Å². The Morgan fingerprint density at radius 1 is 0.947 bits per heavy atom. The predicted octanol–water partition coefficient (Wildman–Crippen LogP) is 1.69. The number of aliphatic hydroxyl groups is 1. The summed E-state index contributed by atoms with van der Waals surface area (Å²) in [6.07, 6.45) is 0.762. The molecule has 4 aliphatic heterocycles.